The Labute approximate surface area is 119 Å². The van der Waals surface area contributed by atoms with Gasteiger partial charge >= 0.3 is 6.18 Å². The number of rotatable bonds is 4. The van der Waals surface area contributed by atoms with Gasteiger partial charge in [-0.15, -0.1) is 0 Å². The van der Waals surface area contributed by atoms with Gasteiger partial charge in [-0.3, -0.25) is 4.79 Å². The van der Waals surface area contributed by atoms with Gasteiger partial charge in [0.1, 0.15) is 11.5 Å². The first-order chi connectivity index (χ1) is 9.84. The van der Waals surface area contributed by atoms with Gasteiger partial charge < -0.3 is 5.11 Å². The second-order valence-electron chi connectivity index (χ2n) is 4.76. The lowest BCUT2D eigenvalue weighted by atomic mass is 10.0. The van der Waals surface area contributed by atoms with Crippen LogP contribution in [-0.4, -0.2) is 10.9 Å². The number of carbonyl (C=O) groups is 1. The lowest BCUT2D eigenvalue weighted by Crippen LogP contribution is -2.09. The van der Waals surface area contributed by atoms with Crippen LogP contribution in [0, 0.1) is 0 Å². The summed E-state index contributed by atoms with van der Waals surface area (Å²) in [6.07, 6.45) is -4.41. The van der Waals surface area contributed by atoms with Crippen LogP contribution < -0.4 is 0 Å². The molecule has 0 saturated carbocycles. The lowest BCUT2D eigenvalue weighted by Gasteiger charge is -2.08. The fourth-order valence-corrected chi connectivity index (χ4v) is 2.04. The summed E-state index contributed by atoms with van der Waals surface area (Å²) in [6.45, 7) is 0. The number of halogens is 3. The van der Waals surface area contributed by atoms with Crippen molar-refractivity contribution in [2.24, 2.45) is 0 Å². The summed E-state index contributed by atoms with van der Waals surface area (Å²) in [5.74, 6) is -0.153. The Kier molecular flexibility index (Phi) is 4.31. The molecule has 110 valence electrons. The molecule has 0 heterocycles. The van der Waals surface area contributed by atoms with Crippen LogP contribution in [0.2, 0.25) is 0 Å². The van der Waals surface area contributed by atoms with E-state index in [0.29, 0.717) is 11.1 Å². The minimum Gasteiger partial charge on any atom is -0.508 e. The fraction of sp³-hybridized carbons (Fsp3) is 0.188. The first kappa shape index (κ1) is 15.1. The molecule has 1 N–H and O–H groups in total. The maximum atomic E-state index is 12.6. The largest absolute Gasteiger partial charge is 0.508 e. The minimum atomic E-state index is -4.41. The Balaban J connectivity index is 2.06. The predicted molar refractivity (Wildman–Crippen MR) is 72.0 cm³/mol. The number of benzene rings is 2. The van der Waals surface area contributed by atoms with Crippen LogP contribution in [0.3, 0.4) is 0 Å². The monoisotopic (exact) mass is 294 g/mol. The number of hydrogen-bond acceptors (Lipinski definition) is 2. The SMILES string of the molecule is O=C(Cc1cccc(O)c1)Cc1cccc(C(F)(F)F)c1. The van der Waals surface area contributed by atoms with Crippen LogP contribution >= 0.6 is 0 Å². The van der Waals surface area contributed by atoms with Gasteiger partial charge in [0.25, 0.3) is 0 Å². The standard InChI is InChI=1S/C16H13F3O2/c17-16(18,19)13-5-1-3-11(7-13)9-15(21)10-12-4-2-6-14(20)8-12/h1-8,20H,9-10H2. The van der Waals surface area contributed by atoms with Gasteiger partial charge in [0.2, 0.25) is 0 Å². The zero-order chi connectivity index (χ0) is 15.5. The van der Waals surface area contributed by atoms with E-state index in [2.05, 4.69) is 0 Å². The molecule has 2 aromatic carbocycles. The topological polar surface area (TPSA) is 37.3 Å². The zero-order valence-corrected chi connectivity index (χ0v) is 11.0. The van der Waals surface area contributed by atoms with Gasteiger partial charge in [-0.25, -0.2) is 0 Å². The average molecular weight is 294 g/mol. The smallest absolute Gasteiger partial charge is 0.416 e. The predicted octanol–water partition coefficient (Wildman–Crippen LogP) is 3.77. The van der Waals surface area contributed by atoms with Crippen LogP contribution in [-0.2, 0) is 23.8 Å². The Morgan fingerprint density at radius 3 is 2.10 bits per heavy atom. The molecule has 0 spiro atoms. The molecule has 21 heavy (non-hydrogen) atoms. The van der Waals surface area contributed by atoms with Crippen molar-refractivity contribution in [1.82, 2.24) is 0 Å². The van der Waals surface area contributed by atoms with Gasteiger partial charge in [0.05, 0.1) is 5.56 Å². The van der Waals surface area contributed by atoms with Crippen LogP contribution in [0.1, 0.15) is 16.7 Å². The Morgan fingerprint density at radius 1 is 0.952 bits per heavy atom. The summed E-state index contributed by atoms with van der Waals surface area (Å²) in [6, 6.07) is 11.0. The number of phenols is 1. The van der Waals surface area contributed by atoms with Crippen LogP contribution in [0.5, 0.6) is 5.75 Å². The Morgan fingerprint density at radius 2 is 1.52 bits per heavy atom. The van der Waals surface area contributed by atoms with Crippen molar-refractivity contribution < 1.29 is 23.1 Å². The van der Waals surface area contributed by atoms with E-state index in [1.165, 1.54) is 24.3 Å². The summed E-state index contributed by atoms with van der Waals surface area (Å²) in [5, 5.41) is 9.31. The molecule has 0 bridgehead atoms. The van der Waals surface area contributed by atoms with Crippen LogP contribution in [0.25, 0.3) is 0 Å². The third-order valence-corrected chi connectivity index (χ3v) is 2.97. The van der Waals surface area contributed by atoms with E-state index in [0.717, 1.165) is 12.1 Å². The summed E-state index contributed by atoms with van der Waals surface area (Å²) in [7, 11) is 0. The van der Waals surface area contributed by atoms with Crippen molar-refractivity contribution in [3.05, 3.63) is 65.2 Å². The second kappa shape index (κ2) is 5.99. The number of phenolic OH excluding ortho intramolecular Hbond substituents is 1. The van der Waals surface area contributed by atoms with Crippen molar-refractivity contribution in [1.29, 1.82) is 0 Å². The number of ketones is 1. The third kappa shape index (κ3) is 4.34. The van der Waals surface area contributed by atoms with Gasteiger partial charge in [0.15, 0.2) is 0 Å². The summed E-state index contributed by atoms with van der Waals surface area (Å²) >= 11 is 0. The van der Waals surface area contributed by atoms with Crippen LogP contribution in [0.4, 0.5) is 13.2 Å². The van der Waals surface area contributed by atoms with E-state index in [9.17, 15) is 23.1 Å². The van der Waals surface area contributed by atoms with Crippen LogP contribution in [0.15, 0.2) is 48.5 Å². The highest BCUT2D eigenvalue weighted by Gasteiger charge is 2.30. The molecule has 0 aliphatic rings. The van der Waals surface area contributed by atoms with E-state index in [1.54, 1.807) is 12.1 Å². The molecule has 2 aromatic rings. The molecule has 0 unspecified atom stereocenters. The Hall–Kier alpha value is -2.30. The molecule has 0 saturated heterocycles. The Bertz CT molecular complexity index is 648. The number of aromatic hydroxyl groups is 1. The van der Waals surface area contributed by atoms with Gasteiger partial charge in [-0.05, 0) is 29.3 Å². The molecular formula is C16H13F3O2. The number of hydrogen-bond donors (Lipinski definition) is 1. The van der Waals surface area contributed by atoms with Crippen molar-refractivity contribution in [2.45, 2.75) is 19.0 Å². The summed E-state index contributed by atoms with van der Waals surface area (Å²) in [4.78, 5) is 11.9. The molecule has 0 atom stereocenters. The average Bonchev–Trinajstić information content (AvgIpc) is 2.37. The number of carbonyl (C=O) groups excluding carboxylic acids is 1. The highest BCUT2D eigenvalue weighted by atomic mass is 19.4. The van der Waals surface area contributed by atoms with Gasteiger partial charge in [-0.1, -0.05) is 30.3 Å². The van der Waals surface area contributed by atoms with Gasteiger partial charge in [-0.2, -0.15) is 13.2 Å². The maximum absolute atomic E-state index is 12.6. The maximum Gasteiger partial charge on any atom is 0.416 e. The molecule has 0 aromatic heterocycles. The fourth-order valence-electron chi connectivity index (χ4n) is 2.04. The highest BCUT2D eigenvalue weighted by molar-refractivity contribution is 5.83. The number of Topliss-reactive ketones (excluding diaryl/α,β-unsaturated/α-hetero) is 1. The van der Waals surface area contributed by atoms with E-state index >= 15 is 0 Å². The molecule has 2 rings (SSSR count). The van der Waals surface area contributed by atoms with Crippen molar-refractivity contribution in [3.63, 3.8) is 0 Å². The first-order valence-electron chi connectivity index (χ1n) is 6.30. The van der Waals surface area contributed by atoms with Gasteiger partial charge in [0, 0.05) is 12.8 Å². The molecule has 0 radical (unpaired) electrons. The molecule has 5 heteroatoms. The van der Waals surface area contributed by atoms with E-state index < -0.39 is 11.7 Å². The van der Waals surface area contributed by atoms with Crippen molar-refractivity contribution in [3.8, 4) is 5.75 Å². The van der Waals surface area contributed by atoms with Crippen molar-refractivity contribution >= 4 is 5.78 Å². The zero-order valence-electron chi connectivity index (χ0n) is 11.0. The lowest BCUT2D eigenvalue weighted by molar-refractivity contribution is -0.137. The normalized spacial score (nSPS) is 11.4. The van der Waals surface area contributed by atoms with Crippen molar-refractivity contribution in [2.75, 3.05) is 0 Å². The second-order valence-corrected chi connectivity index (χ2v) is 4.76. The van der Waals surface area contributed by atoms with E-state index in [4.69, 9.17) is 0 Å². The highest BCUT2D eigenvalue weighted by Crippen LogP contribution is 2.29. The molecule has 0 amide bonds. The first-order valence-corrected chi connectivity index (χ1v) is 6.30. The van der Waals surface area contributed by atoms with E-state index in [1.807, 2.05) is 0 Å². The molecule has 2 nitrogen and oxygen atoms in total. The summed E-state index contributed by atoms with van der Waals surface area (Å²) in [5.41, 5.74) is 0.201. The van der Waals surface area contributed by atoms with E-state index in [-0.39, 0.29) is 24.4 Å². The molecule has 0 fully saturated rings. The third-order valence-electron chi connectivity index (χ3n) is 2.97. The number of alkyl halides is 3. The minimum absolute atomic E-state index is 0.0550. The molecular weight excluding hydrogens is 281 g/mol. The quantitative estimate of drug-likeness (QED) is 0.932. The molecule has 0 aliphatic heterocycles. The summed E-state index contributed by atoms with van der Waals surface area (Å²) < 4.78 is 37.8. The molecule has 0 aliphatic carbocycles.